The third-order valence-corrected chi connectivity index (χ3v) is 3.29. The SMILES string of the molecule is C#CC1=CCC[PH](C)(O)O1. The topological polar surface area (TPSA) is 29.5 Å². The molecule has 1 aliphatic heterocycles. The van der Waals surface area contributed by atoms with Gasteiger partial charge in [0, 0.05) is 0 Å². The molecule has 0 spiro atoms. The molecule has 10 heavy (non-hydrogen) atoms. The Balaban J connectivity index is 2.68. The number of terminal acetylenes is 1. The van der Waals surface area contributed by atoms with E-state index in [1.807, 2.05) is 6.08 Å². The van der Waals surface area contributed by atoms with E-state index in [9.17, 15) is 4.89 Å². The second-order valence-corrected chi connectivity index (χ2v) is 5.58. The zero-order valence-electron chi connectivity index (χ0n) is 5.92. The fourth-order valence-electron chi connectivity index (χ4n) is 0.889. The zero-order valence-corrected chi connectivity index (χ0v) is 6.92. The Morgan fingerprint density at radius 3 is 3.00 bits per heavy atom. The van der Waals surface area contributed by atoms with Gasteiger partial charge in [0.25, 0.3) is 0 Å². The molecule has 3 heteroatoms. The van der Waals surface area contributed by atoms with Crippen LogP contribution in [0.5, 0.6) is 0 Å². The van der Waals surface area contributed by atoms with Crippen LogP contribution in [-0.4, -0.2) is 17.7 Å². The monoisotopic (exact) mass is 158 g/mol. The van der Waals surface area contributed by atoms with E-state index in [1.54, 1.807) is 6.66 Å². The summed E-state index contributed by atoms with van der Waals surface area (Å²) in [6.45, 7) is 1.75. The zero-order chi connectivity index (χ0) is 7.61. The van der Waals surface area contributed by atoms with Crippen molar-refractivity contribution in [3.8, 4) is 12.3 Å². The minimum absolute atomic E-state index is 0.503. The molecule has 0 aromatic carbocycles. The van der Waals surface area contributed by atoms with Crippen LogP contribution in [0.2, 0.25) is 0 Å². The van der Waals surface area contributed by atoms with Crippen LogP contribution in [0.15, 0.2) is 11.8 Å². The van der Waals surface area contributed by atoms with Crippen LogP contribution in [0.1, 0.15) is 6.42 Å². The van der Waals surface area contributed by atoms with Gasteiger partial charge in [0.05, 0.1) is 0 Å². The standard InChI is InChI=1S/C7H11O2P/c1-3-7-5-4-6-10(2,8)9-7/h1,5,8,10H,4,6H2,2H3. The molecular formula is C7H11O2P. The van der Waals surface area contributed by atoms with Gasteiger partial charge in [-0.2, -0.15) is 0 Å². The molecule has 0 saturated heterocycles. The van der Waals surface area contributed by atoms with Crippen molar-refractivity contribution in [1.29, 1.82) is 0 Å². The molecule has 0 radical (unpaired) electrons. The Labute approximate surface area is 61.4 Å². The van der Waals surface area contributed by atoms with Crippen molar-refractivity contribution in [3.05, 3.63) is 11.8 Å². The molecule has 0 amide bonds. The molecule has 0 atom stereocenters. The van der Waals surface area contributed by atoms with E-state index in [0.717, 1.165) is 12.6 Å². The first-order valence-corrected chi connectivity index (χ1v) is 5.78. The molecule has 0 aromatic rings. The van der Waals surface area contributed by atoms with E-state index >= 15 is 0 Å². The van der Waals surface area contributed by atoms with Crippen molar-refractivity contribution < 1.29 is 9.42 Å². The Kier molecular flexibility index (Phi) is 1.99. The first kappa shape index (κ1) is 7.60. The van der Waals surface area contributed by atoms with Crippen LogP contribution in [0.4, 0.5) is 0 Å². The van der Waals surface area contributed by atoms with Gasteiger partial charge >= 0.3 is 60.6 Å². The van der Waals surface area contributed by atoms with Crippen molar-refractivity contribution in [3.63, 3.8) is 0 Å². The van der Waals surface area contributed by atoms with Crippen LogP contribution >= 0.6 is 7.72 Å². The minimum atomic E-state index is -2.39. The summed E-state index contributed by atoms with van der Waals surface area (Å²) in [5, 5.41) is 0. The first-order chi connectivity index (χ1) is 4.64. The van der Waals surface area contributed by atoms with E-state index in [4.69, 9.17) is 10.9 Å². The summed E-state index contributed by atoms with van der Waals surface area (Å²) in [7, 11) is -2.39. The second-order valence-electron chi connectivity index (χ2n) is 2.53. The van der Waals surface area contributed by atoms with Gasteiger partial charge in [-0.1, -0.05) is 0 Å². The van der Waals surface area contributed by atoms with Crippen molar-refractivity contribution in [2.75, 3.05) is 12.8 Å². The predicted octanol–water partition coefficient (Wildman–Crippen LogP) is 1.13. The van der Waals surface area contributed by atoms with Gasteiger partial charge in [0.2, 0.25) is 0 Å². The summed E-state index contributed by atoms with van der Waals surface area (Å²) in [6, 6.07) is 0. The summed E-state index contributed by atoms with van der Waals surface area (Å²) in [6.07, 6.45) is 8.52. The van der Waals surface area contributed by atoms with E-state index < -0.39 is 7.72 Å². The van der Waals surface area contributed by atoms with Crippen molar-refractivity contribution >= 4 is 7.72 Å². The van der Waals surface area contributed by atoms with Crippen LogP contribution in [0.25, 0.3) is 0 Å². The second kappa shape index (κ2) is 2.62. The van der Waals surface area contributed by atoms with Crippen LogP contribution < -0.4 is 0 Å². The predicted molar refractivity (Wildman–Crippen MR) is 43.9 cm³/mol. The normalized spacial score (nSPS) is 25.5. The molecule has 56 valence electrons. The molecule has 2 nitrogen and oxygen atoms in total. The van der Waals surface area contributed by atoms with Crippen molar-refractivity contribution in [2.24, 2.45) is 0 Å². The Bertz CT molecular complexity index is 200. The van der Waals surface area contributed by atoms with Crippen LogP contribution in [0, 0.1) is 12.3 Å². The molecule has 0 aliphatic carbocycles. The fourth-order valence-corrected chi connectivity index (χ4v) is 2.29. The number of hydrogen-bond donors (Lipinski definition) is 1. The van der Waals surface area contributed by atoms with Gasteiger partial charge in [-0.15, -0.1) is 0 Å². The molecule has 1 aliphatic rings. The molecule has 0 saturated carbocycles. The van der Waals surface area contributed by atoms with Crippen LogP contribution in [0.3, 0.4) is 0 Å². The Morgan fingerprint density at radius 1 is 1.90 bits per heavy atom. The third kappa shape index (κ3) is 1.73. The fraction of sp³-hybridized carbons (Fsp3) is 0.429. The number of rotatable bonds is 0. The summed E-state index contributed by atoms with van der Waals surface area (Å²) < 4.78 is 5.14. The van der Waals surface area contributed by atoms with Gasteiger partial charge in [-0.25, -0.2) is 0 Å². The van der Waals surface area contributed by atoms with E-state index in [0.29, 0.717) is 5.76 Å². The summed E-state index contributed by atoms with van der Waals surface area (Å²) in [5.41, 5.74) is 0. The molecule has 0 bridgehead atoms. The maximum atomic E-state index is 9.46. The van der Waals surface area contributed by atoms with Crippen molar-refractivity contribution in [1.82, 2.24) is 0 Å². The average Bonchev–Trinajstić information content (AvgIpc) is 1.86. The van der Waals surface area contributed by atoms with Gasteiger partial charge in [0.1, 0.15) is 0 Å². The van der Waals surface area contributed by atoms with Crippen LogP contribution in [-0.2, 0) is 4.52 Å². The van der Waals surface area contributed by atoms with Gasteiger partial charge < -0.3 is 0 Å². The van der Waals surface area contributed by atoms with E-state index in [2.05, 4.69) is 5.92 Å². The van der Waals surface area contributed by atoms with E-state index in [-0.39, 0.29) is 0 Å². The first-order valence-electron chi connectivity index (χ1n) is 3.22. The van der Waals surface area contributed by atoms with Gasteiger partial charge in [-0.05, 0) is 0 Å². The average molecular weight is 158 g/mol. The maximum absolute atomic E-state index is 9.46. The quantitative estimate of drug-likeness (QED) is 0.423. The van der Waals surface area contributed by atoms with E-state index in [1.165, 1.54) is 0 Å². The number of allylic oxidation sites excluding steroid dienone is 2. The molecular weight excluding hydrogens is 147 g/mol. The van der Waals surface area contributed by atoms with Crippen molar-refractivity contribution in [2.45, 2.75) is 6.42 Å². The summed E-state index contributed by atoms with van der Waals surface area (Å²) in [4.78, 5) is 9.46. The molecule has 0 aromatic heterocycles. The van der Waals surface area contributed by atoms with Gasteiger partial charge in [-0.3, -0.25) is 0 Å². The molecule has 1 rings (SSSR count). The molecule has 1 heterocycles. The van der Waals surface area contributed by atoms with Gasteiger partial charge in [0.15, 0.2) is 0 Å². The summed E-state index contributed by atoms with van der Waals surface area (Å²) >= 11 is 0. The molecule has 0 unspecified atom stereocenters. The third-order valence-electron chi connectivity index (χ3n) is 1.41. The summed E-state index contributed by atoms with van der Waals surface area (Å²) in [5.74, 6) is 2.88. The Hall–Kier alpha value is -0.510. The molecule has 0 fully saturated rings. The Morgan fingerprint density at radius 2 is 2.60 bits per heavy atom. The number of hydrogen-bond acceptors (Lipinski definition) is 2. The molecule has 1 N–H and O–H groups in total.